The van der Waals surface area contributed by atoms with Crippen LogP contribution in [0.25, 0.3) is 16.7 Å². The number of ether oxygens (including phenoxy) is 1. The number of nitrogens with two attached hydrogens (primary N) is 1. The molecule has 2 amide bonds. The number of nitrogen functional groups attached to an aromatic ring is 1. The van der Waals surface area contributed by atoms with Crippen molar-refractivity contribution in [3.8, 4) is 11.4 Å². The first kappa shape index (κ1) is 35.2. The largest absolute Gasteiger partial charge is 0.505 e. The number of phenolic OH excluding ortho intramolecular Hbond substituents is 1. The van der Waals surface area contributed by atoms with Crippen LogP contribution in [0.3, 0.4) is 0 Å². The third kappa shape index (κ3) is 9.84. The second kappa shape index (κ2) is 16.7. The highest BCUT2D eigenvalue weighted by atomic mass is 28.4. The number of aromatic hydroxyl groups is 1. The lowest BCUT2D eigenvalue weighted by atomic mass is 10.1. The lowest BCUT2D eigenvalue weighted by Crippen LogP contribution is -2.47. The predicted molar refractivity (Wildman–Crippen MR) is 169 cm³/mol. The fourth-order valence-corrected chi connectivity index (χ4v) is 7.05. The maximum Gasteiger partial charge on any atom is 0.500 e. The van der Waals surface area contributed by atoms with Crippen LogP contribution < -0.4 is 16.4 Å². The van der Waals surface area contributed by atoms with Crippen LogP contribution >= 0.6 is 0 Å². The summed E-state index contributed by atoms with van der Waals surface area (Å²) >= 11 is 0. The van der Waals surface area contributed by atoms with E-state index >= 15 is 0 Å². The molecule has 0 bridgehead atoms. The smallest absolute Gasteiger partial charge is 0.500 e. The molecule has 0 saturated carbocycles. The van der Waals surface area contributed by atoms with Gasteiger partial charge in [-0.1, -0.05) is 12.6 Å². The van der Waals surface area contributed by atoms with E-state index in [1.165, 1.54) is 4.80 Å². The normalized spacial score (nSPS) is 11.4. The van der Waals surface area contributed by atoms with Crippen LogP contribution in [0.5, 0.6) is 5.75 Å². The molecule has 0 aliphatic carbocycles. The molecular formula is C30H42N6O8Si. The molecule has 0 saturated heterocycles. The number of benzene rings is 2. The Balaban J connectivity index is 1.71. The van der Waals surface area contributed by atoms with Crippen LogP contribution in [-0.4, -0.2) is 79.7 Å². The summed E-state index contributed by atoms with van der Waals surface area (Å²) in [5, 5.41) is 25.2. The van der Waals surface area contributed by atoms with E-state index in [1.54, 1.807) is 37.3 Å². The van der Waals surface area contributed by atoms with E-state index in [2.05, 4.69) is 27.4 Å². The lowest BCUT2D eigenvalue weighted by Gasteiger charge is -2.28. The molecule has 5 N–H and O–H groups in total. The van der Waals surface area contributed by atoms with Crippen molar-refractivity contribution in [1.29, 1.82) is 0 Å². The van der Waals surface area contributed by atoms with Gasteiger partial charge in [-0.25, -0.2) is 4.79 Å². The van der Waals surface area contributed by atoms with E-state index in [0.29, 0.717) is 60.1 Å². The van der Waals surface area contributed by atoms with Crippen molar-refractivity contribution >= 4 is 43.3 Å². The van der Waals surface area contributed by atoms with Gasteiger partial charge in [0.1, 0.15) is 22.5 Å². The minimum absolute atomic E-state index is 0.0508. The average Bonchev–Trinajstić information content (AvgIpc) is 3.42. The summed E-state index contributed by atoms with van der Waals surface area (Å²) in [6.07, 6.45) is 0.780. The van der Waals surface area contributed by atoms with Gasteiger partial charge in [-0.3, -0.25) is 9.59 Å². The van der Waals surface area contributed by atoms with E-state index in [9.17, 15) is 19.5 Å². The van der Waals surface area contributed by atoms with Gasteiger partial charge in [-0.2, -0.15) is 0 Å². The van der Waals surface area contributed by atoms with Gasteiger partial charge in [0, 0.05) is 62.2 Å². The number of hydrogen-bond donors (Lipinski definition) is 4. The minimum atomic E-state index is -2.86. The van der Waals surface area contributed by atoms with Crippen LogP contribution in [0.1, 0.15) is 45.2 Å². The molecule has 15 heteroatoms. The number of amides is 2. The van der Waals surface area contributed by atoms with E-state index in [4.69, 9.17) is 23.7 Å². The summed E-state index contributed by atoms with van der Waals surface area (Å²) in [6, 6.07) is 8.84. The Morgan fingerprint density at radius 2 is 1.62 bits per heavy atom. The van der Waals surface area contributed by atoms with E-state index < -0.39 is 26.6 Å². The number of anilines is 1. The molecule has 0 fully saturated rings. The molecule has 1 heterocycles. The SMILES string of the molecule is C=C(C)C(=O)OCCc1cc(CNC(=O)C(=O)NCCC[Si](OCC)(OCC)OCC)c(O)c(-n2nc3ccc(N)cc3n2)c1. The van der Waals surface area contributed by atoms with Gasteiger partial charge in [0.05, 0.1) is 6.61 Å². The Labute approximate surface area is 263 Å². The number of esters is 1. The number of fused-ring (bicyclic) bond motifs is 1. The Morgan fingerprint density at radius 3 is 2.27 bits per heavy atom. The first-order chi connectivity index (χ1) is 21.5. The molecule has 3 rings (SSSR count). The number of nitrogens with one attached hydrogen (secondary N) is 2. The fourth-order valence-electron chi connectivity index (χ4n) is 4.44. The predicted octanol–water partition coefficient (Wildman–Crippen LogP) is 2.54. The van der Waals surface area contributed by atoms with Gasteiger partial charge in [0.2, 0.25) is 0 Å². The lowest BCUT2D eigenvalue weighted by molar-refractivity contribution is -0.139. The quantitative estimate of drug-likeness (QED) is 0.0423. The fraction of sp³-hybridized carbons (Fsp3) is 0.433. The standard InChI is InChI=1S/C30H42N6O8Si/c1-6-42-45(43-7-2,44-8-3)15-9-13-32-28(38)29(39)33-19-22-16-21(12-14-41-30(40)20(4)5)17-26(27(22)37)36-34-24-11-10-23(31)18-25(24)35-36/h10-11,16-18,37H,4,6-9,12-15,19,31H2,1-3,5H3,(H,32,38)(H,33,39). The highest BCUT2D eigenvalue weighted by molar-refractivity contribution is 6.60. The van der Waals surface area contributed by atoms with Crippen molar-refractivity contribution in [1.82, 2.24) is 25.6 Å². The summed E-state index contributed by atoms with van der Waals surface area (Å²) in [5.74, 6) is -2.42. The maximum atomic E-state index is 12.6. The molecule has 244 valence electrons. The Bertz CT molecular complexity index is 1490. The van der Waals surface area contributed by atoms with Crippen LogP contribution in [0, 0.1) is 0 Å². The van der Waals surface area contributed by atoms with Crippen molar-refractivity contribution in [2.75, 3.05) is 38.7 Å². The molecule has 0 atom stereocenters. The molecular weight excluding hydrogens is 600 g/mol. The third-order valence-corrected chi connectivity index (χ3v) is 9.66. The zero-order chi connectivity index (χ0) is 33.0. The van der Waals surface area contributed by atoms with Crippen molar-refractivity contribution in [2.45, 2.75) is 53.1 Å². The molecule has 0 unspecified atom stereocenters. The van der Waals surface area contributed by atoms with Crippen molar-refractivity contribution in [3.05, 3.63) is 53.6 Å². The second-order valence-electron chi connectivity index (χ2n) is 10.1. The number of carbonyl (C=O) groups is 3. The summed E-state index contributed by atoms with van der Waals surface area (Å²) in [5.41, 5.74) is 8.92. The van der Waals surface area contributed by atoms with Crippen LogP contribution in [0.4, 0.5) is 5.69 Å². The van der Waals surface area contributed by atoms with Crippen molar-refractivity contribution < 1.29 is 37.5 Å². The molecule has 2 aromatic carbocycles. The van der Waals surface area contributed by atoms with Gasteiger partial charge in [0.25, 0.3) is 0 Å². The molecule has 0 aliphatic rings. The monoisotopic (exact) mass is 642 g/mol. The molecule has 14 nitrogen and oxygen atoms in total. The number of hydrogen-bond acceptors (Lipinski definition) is 11. The van der Waals surface area contributed by atoms with Gasteiger partial charge >= 0.3 is 26.6 Å². The summed E-state index contributed by atoms with van der Waals surface area (Å²) in [6.45, 7) is 12.1. The summed E-state index contributed by atoms with van der Waals surface area (Å²) in [4.78, 5) is 38.3. The number of nitrogens with zero attached hydrogens (tertiary/aromatic N) is 3. The van der Waals surface area contributed by atoms with Gasteiger partial charge in [-0.05, 0) is 63.9 Å². The molecule has 0 radical (unpaired) electrons. The summed E-state index contributed by atoms with van der Waals surface area (Å²) in [7, 11) is -2.86. The Hall–Kier alpha value is -4.31. The van der Waals surface area contributed by atoms with Crippen molar-refractivity contribution in [2.24, 2.45) is 0 Å². The highest BCUT2D eigenvalue weighted by Gasteiger charge is 2.39. The molecule has 3 aromatic rings. The number of rotatable bonds is 17. The van der Waals surface area contributed by atoms with Crippen LogP contribution in [0.15, 0.2) is 42.5 Å². The molecule has 0 spiro atoms. The first-order valence-corrected chi connectivity index (χ1v) is 16.7. The topological polar surface area (TPSA) is 189 Å². The zero-order valence-corrected chi connectivity index (χ0v) is 27.2. The van der Waals surface area contributed by atoms with Gasteiger partial charge < -0.3 is 39.5 Å². The Morgan fingerprint density at radius 1 is 0.978 bits per heavy atom. The summed E-state index contributed by atoms with van der Waals surface area (Å²) < 4.78 is 22.7. The molecule has 0 aliphatic heterocycles. The van der Waals surface area contributed by atoms with Gasteiger partial charge in [0.15, 0.2) is 0 Å². The van der Waals surface area contributed by atoms with E-state index in [-0.39, 0.29) is 43.1 Å². The van der Waals surface area contributed by atoms with Crippen LogP contribution in [-0.2, 0) is 45.4 Å². The number of aromatic nitrogens is 3. The third-order valence-electron chi connectivity index (χ3n) is 6.50. The average molecular weight is 643 g/mol. The Kier molecular flexibility index (Phi) is 13.0. The second-order valence-corrected chi connectivity index (χ2v) is 12.8. The van der Waals surface area contributed by atoms with Crippen molar-refractivity contribution in [3.63, 3.8) is 0 Å². The zero-order valence-electron chi connectivity index (χ0n) is 26.2. The number of carbonyl (C=O) groups excluding carboxylic acids is 3. The van der Waals surface area contributed by atoms with E-state index in [1.807, 2.05) is 20.8 Å². The maximum absolute atomic E-state index is 12.6. The first-order valence-electron chi connectivity index (χ1n) is 14.8. The molecule has 45 heavy (non-hydrogen) atoms. The van der Waals surface area contributed by atoms with Crippen LogP contribution in [0.2, 0.25) is 6.04 Å². The van der Waals surface area contributed by atoms with Gasteiger partial charge in [-0.15, -0.1) is 15.0 Å². The molecule has 1 aromatic heterocycles. The minimum Gasteiger partial charge on any atom is -0.505 e. The highest BCUT2D eigenvalue weighted by Crippen LogP contribution is 2.29. The van der Waals surface area contributed by atoms with E-state index in [0.717, 1.165) is 0 Å². The number of phenols is 1.